The molecule has 0 saturated carbocycles. The number of aliphatic hydroxyl groups is 1. The molecule has 0 saturated heterocycles. The van der Waals surface area contributed by atoms with Crippen LogP contribution >= 0.6 is 11.3 Å². The second-order valence-electron chi connectivity index (χ2n) is 3.44. The highest BCUT2D eigenvalue weighted by Gasteiger charge is 2.37. The summed E-state index contributed by atoms with van der Waals surface area (Å²) >= 11 is 1.36. The normalized spacial score (nSPS) is 14.1. The topological polar surface area (TPSA) is 57.5 Å². The first-order valence-corrected chi connectivity index (χ1v) is 4.79. The lowest BCUT2D eigenvalue weighted by Gasteiger charge is -2.24. The van der Waals surface area contributed by atoms with E-state index in [2.05, 4.69) is 0 Å². The molecular weight excluding hydrogens is 188 g/mol. The SMILES string of the molecule is CC(C)(C(=O)O)C(O)c1cccs1. The largest absolute Gasteiger partial charge is 0.481 e. The Morgan fingerprint density at radius 2 is 2.23 bits per heavy atom. The summed E-state index contributed by atoms with van der Waals surface area (Å²) < 4.78 is 0. The summed E-state index contributed by atoms with van der Waals surface area (Å²) in [5, 5.41) is 20.4. The average molecular weight is 200 g/mol. The summed E-state index contributed by atoms with van der Waals surface area (Å²) in [5.41, 5.74) is -1.13. The molecule has 0 aliphatic carbocycles. The fraction of sp³-hybridized carbons (Fsp3) is 0.444. The van der Waals surface area contributed by atoms with E-state index in [4.69, 9.17) is 5.11 Å². The number of carboxylic acid groups (broad SMARTS) is 1. The number of aliphatic carboxylic acids is 1. The standard InChI is InChI=1S/C9H12O3S/c1-9(2,8(11)12)7(10)6-4-3-5-13-6/h3-5,7,10H,1-2H3,(H,11,12). The van der Waals surface area contributed by atoms with E-state index in [-0.39, 0.29) is 0 Å². The smallest absolute Gasteiger partial charge is 0.312 e. The van der Waals surface area contributed by atoms with Crippen LogP contribution in [0.3, 0.4) is 0 Å². The molecule has 72 valence electrons. The molecule has 1 aromatic rings. The fourth-order valence-corrected chi connectivity index (χ4v) is 1.81. The molecule has 0 spiro atoms. The van der Waals surface area contributed by atoms with Gasteiger partial charge < -0.3 is 10.2 Å². The van der Waals surface area contributed by atoms with Crippen LogP contribution in [0.4, 0.5) is 0 Å². The molecule has 0 aliphatic heterocycles. The zero-order valence-corrected chi connectivity index (χ0v) is 8.34. The Morgan fingerprint density at radius 3 is 2.62 bits per heavy atom. The third kappa shape index (κ3) is 1.89. The van der Waals surface area contributed by atoms with Gasteiger partial charge in [0.25, 0.3) is 0 Å². The van der Waals surface area contributed by atoms with Crippen molar-refractivity contribution in [2.45, 2.75) is 20.0 Å². The van der Waals surface area contributed by atoms with Gasteiger partial charge in [0.2, 0.25) is 0 Å². The van der Waals surface area contributed by atoms with Crippen LogP contribution in [-0.4, -0.2) is 16.2 Å². The number of thiophene rings is 1. The molecule has 3 nitrogen and oxygen atoms in total. The van der Waals surface area contributed by atoms with Crippen molar-refractivity contribution in [3.05, 3.63) is 22.4 Å². The van der Waals surface area contributed by atoms with E-state index in [0.29, 0.717) is 4.88 Å². The Kier molecular flexibility index (Phi) is 2.73. The highest BCUT2D eigenvalue weighted by molar-refractivity contribution is 7.10. The minimum absolute atomic E-state index is 0.687. The van der Waals surface area contributed by atoms with Crippen molar-refractivity contribution >= 4 is 17.3 Å². The summed E-state index contributed by atoms with van der Waals surface area (Å²) in [6.45, 7) is 3.03. The van der Waals surface area contributed by atoms with E-state index in [1.807, 2.05) is 5.38 Å². The lowest BCUT2D eigenvalue weighted by Crippen LogP contribution is -2.30. The second-order valence-corrected chi connectivity index (χ2v) is 4.42. The van der Waals surface area contributed by atoms with Gasteiger partial charge in [-0.15, -0.1) is 11.3 Å². The Bertz CT molecular complexity index is 290. The number of carbonyl (C=O) groups is 1. The number of hydrogen-bond acceptors (Lipinski definition) is 3. The number of carboxylic acids is 1. The third-order valence-corrected chi connectivity index (χ3v) is 2.97. The molecule has 2 N–H and O–H groups in total. The van der Waals surface area contributed by atoms with Gasteiger partial charge in [-0.2, -0.15) is 0 Å². The van der Waals surface area contributed by atoms with Crippen LogP contribution in [-0.2, 0) is 4.79 Å². The Morgan fingerprint density at radius 1 is 1.62 bits per heavy atom. The van der Waals surface area contributed by atoms with Crippen LogP contribution in [0.25, 0.3) is 0 Å². The van der Waals surface area contributed by atoms with Crippen molar-refractivity contribution < 1.29 is 15.0 Å². The van der Waals surface area contributed by atoms with Gasteiger partial charge in [0.1, 0.15) is 6.10 Å². The van der Waals surface area contributed by atoms with E-state index in [9.17, 15) is 9.90 Å². The molecular formula is C9H12O3S. The molecule has 0 bridgehead atoms. The lowest BCUT2D eigenvalue weighted by molar-refractivity contribution is -0.153. The molecule has 0 aromatic carbocycles. The van der Waals surface area contributed by atoms with Crippen molar-refractivity contribution in [2.75, 3.05) is 0 Å². The molecule has 0 aliphatic rings. The quantitative estimate of drug-likeness (QED) is 0.783. The fourth-order valence-electron chi connectivity index (χ4n) is 0.919. The van der Waals surface area contributed by atoms with Gasteiger partial charge in [-0.1, -0.05) is 6.07 Å². The van der Waals surface area contributed by atoms with Gasteiger partial charge in [0, 0.05) is 4.88 Å². The molecule has 0 amide bonds. The van der Waals surface area contributed by atoms with E-state index < -0.39 is 17.5 Å². The van der Waals surface area contributed by atoms with E-state index in [1.54, 1.807) is 12.1 Å². The highest BCUT2D eigenvalue weighted by atomic mass is 32.1. The predicted molar refractivity (Wildman–Crippen MR) is 50.7 cm³/mol. The third-order valence-electron chi connectivity index (χ3n) is 2.05. The van der Waals surface area contributed by atoms with Gasteiger partial charge in [0.15, 0.2) is 0 Å². The van der Waals surface area contributed by atoms with Crippen LogP contribution in [0.5, 0.6) is 0 Å². The summed E-state index contributed by atoms with van der Waals surface area (Å²) in [4.78, 5) is 11.5. The van der Waals surface area contributed by atoms with Crippen LogP contribution < -0.4 is 0 Å². The summed E-state index contributed by atoms with van der Waals surface area (Å²) in [6, 6.07) is 3.53. The first kappa shape index (κ1) is 10.2. The molecule has 0 fully saturated rings. The minimum atomic E-state index is -1.13. The highest BCUT2D eigenvalue weighted by Crippen LogP contribution is 2.35. The zero-order chi connectivity index (χ0) is 10.1. The van der Waals surface area contributed by atoms with Gasteiger partial charge in [-0.05, 0) is 25.3 Å². The monoisotopic (exact) mass is 200 g/mol. The van der Waals surface area contributed by atoms with Crippen molar-refractivity contribution in [3.63, 3.8) is 0 Å². The Balaban J connectivity index is 2.90. The predicted octanol–water partition coefficient (Wildman–Crippen LogP) is 1.89. The van der Waals surface area contributed by atoms with Crippen molar-refractivity contribution in [3.8, 4) is 0 Å². The van der Waals surface area contributed by atoms with Crippen LogP contribution in [0.2, 0.25) is 0 Å². The molecule has 13 heavy (non-hydrogen) atoms. The number of rotatable bonds is 3. The zero-order valence-electron chi connectivity index (χ0n) is 7.52. The molecule has 4 heteroatoms. The lowest BCUT2D eigenvalue weighted by atomic mass is 9.86. The van der Waals surface area contributed by atoms with Crippen LogP contribution in [0, 0.1) is 5.41 Å². The van der Waals surface area contributed by atoms with Crippen molar-refractivity contribution in [1.29, 1.82) is 0 Å². The number of aliphatic hydroxyl groups excluding tert-OH is 1. The van der Waals surface area contributed by atoms with Crippen LogP contribution in [0.1, 0.15) is 24.8 Å². The summed E-state index contributed by atoms with van der Waals surface area (Å²) in [6.07, 6.45) is -0.940. The molecule has 1 unspecified atom stereocenters. The van der Waals surface area contributed by atoms with Gasteiger partial charge in [-0.3, -0.25) is 4.79 Å². The first-order valence-electron chi connectivity index (χ1n) is 3.91. The summed E-state index contributed by atoms with van der Waals surface area (Å²) in [7, 11) is 0. The van der Waals surface area contributed by atoms with E-state index in [1.165, 1.54) is 25.2 Å². The second kappa shape index (κ2) is 3.47. The average Bonchev–Trinajstić information content (AvgIpc) is 2.54. The molecule has 1 atom stereocenters. The van der Waals surface area contributed by atoms with Crippen molar-refractivity contribution in [1.82, 2.24) is 0 Å². The molecule has 1 aromatic heterocycles. The Labute approximate surface area is 80.6 Å². The van der Waals surface area contributed by atoms with Crippen LogP contribution in [0.15, 0.2) is 17.5 Å². The van der Waals surface area contributed by atoms with E-state index in [0.717, 1.165) is 0 Å². The maximum absolute atomic E-state index is 10.8. The van der Waals surface area contributed by atoms with Gasteiger partial charge >= 0.3 is 5.97 Å². The van der Waals surface area contributed by atoms with Gasteiger partial charge in [0.05, 0.1) is 5.41 Å². The maximum Gasteiger partial charge on any atom is 0.312 e. The molecule has 1 rings (SSSR count). The van der Waals surface area contributed by atoms with Gasteiger partial charge in [-0.25, -0.2) is 0 Å². The first-order chi connectivity index (χ1) is 5.96. The Hall–Kier alpha value is -0.870. The van der Waals surface area contributed by atoms with Crippen molar-refractivity contribution in [2.24, 2.45) is 5.41 Å². The minimum Gasteiger partial charge on any atom is -0.481 e. The number of hydrogen-bond donors (Lipinski definition) is 2. The molecule has 0 radical (unpaired) electrons. The maximum atomic E-state index is 10.8. The van der Waals surface area contributed by atoms with E-state index >= 15 is 0 Å². The molecule has 1 heterocycles. The summed E-state index contributed by atoms with van der Waals surface area (Å²) in [5.74, 6) is -0.992.